The molecule has 9 heteroatoms. The number of unbranched alkanes of at least 4 members (excludes halogenated alkanes) is 6. The molecular formula is C46H78N2O6P+. The molecule has 0 heterocycles. The van der Waals surface area contributed by atoms with Crippen LogP contribution < -0.4 is 5.32 Å². The number of nitrogens with zero attached hydrogens (tertiary/aromatic N) is 1. The number of rotatable bonds is 35. The van der Waals surface area contributed by atoms with Crippen LogP contribution in [-0.2, 0) is 18.4 Å². The number of carbonyl (C=O) groups is 1. The minimum absolute atomic E-state index is 0.0333. The van der Waals surface area contributed by atoms with Gasteiger partial charge in [-0.15, -0.1) is 0 Å². The summed E-state index contributed by atoms with van der Waals surface area (Å²) >= 11 is 0. The second-order valence-corrected chi connectivity index (χ2v) is 16.1. The van der Waals surface area contributed by atoms with Gasteiger partial charge in [-0.1, -0.05) is 142 Å². The lowest BCUT2D eigenvalue weighted by Gasteiger charge is -2.25. The van der Waals surface area contributed by atoms with E-state index in [0.717, 1.165) is 70.6 Å². The number of allylic oxidation sites excluding steroid dienone is 17. The molecule has 8 nitrogen and oxygen atoms in total. The summed E-state index contributed by atoms with van der Waals surface area (Å²) in [7, 11) is 1.48. The topological polar surface area (TPSA) is 105 Å². The van der Waals surface area contributed by atoms with Gasteiger partial charge < -0.3 is 19.8 Å². The molecule has 0 aliphatic carbocycles. The summed E-state index contributed by atoms with van der Waals surface area (Å²) in [5, 5.41) is 13.7. The molecule has 0 radical (unpaired) electrons. The van der Waals surface area contributed by atoms with Crippen molar-refractivity contribution in [3.63, 3.8) is 0 Å². The molecule has 3 N–H and O–H groups in total. The van der Waals surface area contributed by atoms with Crippen LogP contribution in [0.2, 0.25) is 0 Å². The van der Waals surface area contributed by atoms with Crippen LogP contribution in [-0.4, -0.2) is 73.4 Å². The maximum Gasteiger partial charge on any atom is 0.472 e. The molecule has 0 saturated heterocycles. The van der Waals surface area contributed by atoms with Crippen LogP contribution in [0.4, 0.5) is 0 Å². The van der Waals surface area contributed by atoms with Crippen molar-refractivity contribution in [2.75, 3.05) is 40.9 Å². The van der Waals surface area contributed by atoms with E-state index < -0.39 is 20.0 Å². The van der Waals surface area contributed by atoms with Crippen LogP contribution in [0.15, 0.2) is 109 Å². The number of nitrogens with one attached hydrogen (secondary N) is 1. The van der Waals surface area contributed by atoms with Crippen LogP contribution in [0.5, 0.6) is 0 Å². The minimum atomic E-state index is -4.37. The smallest absolute Gasteiger partial charge is 0.387 e. The third-order valence-electron chi connectivity index (χ3n) is 8.22. The Labute approximate surface area is 336 Å². The number of hydrogen-bond acceptors (Lipinski definition) is 5. The summed E-state index contributed by atoms with van der Waals surface area (Å²) in [4.78, 5) is 23.0. The molecule has 0 aromatic carbocycles. The number of phosphoric ester groups is 1. The molecule has 55 heavy (non-hydrogen) atoms. The fourth-order valence-corrected chi connectivity index (χ4v) is 5.65. The Bertz CT molecular complexity index is 1260. The lowest BCUT2D eigenvalue weighted by Crippen LogP contribution is -2.45. The van der Waals surface area contributed by atoms with Crippen LogP contribution in [0.3, 0.4) is 0 Å². The van der Waals surface area contributed by atoms with Crippen molar-refractivity contribution in [1.29, 1.82) is 0 Å². The number of aliphatic hydroxyl groups is 1. The highest BCUT2D eigenvalue weighted by Gasteiger charge is 2.27. The third kappa shape index (κ3) is 39.2. The number of quaternary nitrogens is 1. The fraction of sp³-hybridized carbons (Fsp3) is 0.587. The van der Waals surface area contributed by atoms with Gasteiger partial charge in [0.2, 0.25) is 5.91 Å². The third-order valence-corrected chi connectivity index (χ3v) is 9.20. The van der Waals surface area contributed by atoms with Crippen LogP contribution >= 0.6 is 7.82 Å². The molecule has 0 rings (SSSR count). The van der Waals surface area contributed by atoms with Crippen LogP contribution in [0.1, 0.15) is 123 Å². The van der Waals surface area contributed by atoms with Gasteiger partial charge in [0.15, 0.2) is 0 Å². The lowest BCUT2D eigenvalue weighted by atomic mass is 10.1. The van der Waals surface area contributed by atoms with E-state index in [2.05, 4.69) is 104 Å². The summed E-state index contributed by atoms with van der Waals surface area (Å²) in [6, 6.07) is -0.916. The van der Waals surface area contributed by atoms with E-state index in [1.807, 2.05) is 39.4 Å². The van der Waals surface area contributed by atoms with Crippen molar-refractivity contribution < 1.29 is 32.9 Å². The molecule has 0 bridgehead atoms. The molecular weight excluding hydrogens is 707 g/mol. The SMILES string of the molecule is CC/C=C\C/C=C\C/C=C\C/C=C\C/C=C\C/C=C\CCC(=O)NC(COP(=O)(O)OCC[N+](C)(C)C)C(O)/C=C/CC/C=C/CC/C=C/CCCCCC. The standard InChI is InChI=1S/C46H77N2O6P/c1-6-8-10-12-14-16-18-20-22-23-24-25-26-28-30-32-34-36-38-40-46(50)47-44(43-54-55(51,52)53-42-41-48(3,4)5)45(49)39-37-35-33-31-29-27-21-19-17-15-13-11-9-7-2/h8,10,14,16-17,19-20,22,24-25,28-31,34,36-37,39,44-45,49H,6-7,9,11-13,15,18,21,23,26-27,32-33,35,38,40-43H2,1-5H3,(H-,47,50,51,52)/p+1/b10-8-,16-14-,19-17+,22-20-,25-24-,30-28-,31-29+,36-34-,39-37+. The number of phosphoric acid groups is 1. The Balaban J connectivity index is 4.71. The van der Waals surface area contributed by atoms with E-state index in [0.29, 0.717) is 17.4 Å². The zero-order valence-corrected chi connectivity index (χ0v) is 36.0. The monoisotopic (exact) mass is 786 g/mol. The Morgan fingerprint density at radius 2 is 1.11 bits per heavy atom. The molecule has 1 amide bonds. The molecule has 0 aliphatic rings. The first-order chi connectivity index (χ1) is 26.5. The predicted octanol–water partition coefficient (Wildman–Crippen LogP) is 11.3. The van der Waals surface area contributed by atoms with Gasteiger partial charge in [-0.2, -0.15) is 0 Å². The highest BCUT2D eigenvalue weighted by Crippen LogP contribution is 2.43. The van der Waals surface area contributed by atoms with Gasteiger partial charge in [0.1, 0.15) is 13.2 Å². The van der Waals surface area contributed by atoms with Crippen molar-refractivity contribution in [2.24, 2.45) is 0 Å². The van der Waals surface area contributed by atoms with E-state index in [1.165, 1.54) is 25.7 Å². The average molecular weight is 786 g/mol. The Kier molecular flexibility index (Phi) is 34.9. The Hall–Kier alpha value is -2.84. The molecule has 0 spiro atoms. The van der Waals surface area contributed by atoms with E-state index in [-0.39, 0.29) is 25.5 Å². The van der Waals surface area contributed by atoms with Crippen molar-refractivity contribution in [3.8, 4) is 0 Å². The van der Waals surface area contributed by atoms with Gasteiger partial charge in [-0.05, 0) is 83.5 Å². The Morgan fingerprint density at radius 3 is 1.62 bits per heavy atom. The lowest BCUT2D eigenvalue weighted by molar-refractivity contribution is -0.870. The second-order valence-electron chi connectivity index (χ2n) is 14.6. The maximum absolute atomic E-state index is 12.8. The molecule has 3 unspecified atom stereocenters. The summed E-state index contributed by atoms with van der Waals surface area (Å²) < 4.78 is 23.4. The molecule has 0 fully saturated rings. The number of aliphatic hydroxyl groups excluding tert-OH is 1. The largest absolute Gasteiger partial charge is 0.472 e. The summed E-state index contributed by atoms with van der Waals surface area (Å²) in [6.45, 7) is 4.54. The van der Waals surface area contributed by atoms with Gasteiger partial charge in [0.25, 0.3) is 0 Å². The van der Waals surface area contributed by atoms with E-state index in [1.54, 1.807) is 6.08 Å². The van der Waals surface area contributed by atoms with Gasteiger partial charge >= 0.3 is 7.82 Å². The van der Waals surface area contributed by atoms with E-state index in [9.17, 15) is 19.4 Å². The van der Waals surface area contributed by atoms with E-state index >= 15 is 0 Å². The highest BCUT2D eigenvalue weighted by atomic mass is 31.2. The highest BCUT2D eigenvalue weighted by molar-refractivity contribution is 7.47. The number of amides is 1. The second kappa shape index (κ2) is 36.8. The van der Waals surface area contributed by atoms with Gasteiger partial charge in [0, 0.05) is 6.42 Å². The first kappa shape index (κ1) is 52.2. The van der Waals surface area contributed by atoms with E-state index in [4.69, 9.17) is 9.05 Å². The zero-order valence-electron chi connectivity index (χ0n) is 35.1. The predicted molar refractivity (Wildman–Crippen MR) is 235 cm³/mol. The molecule has 0 aliphatic heterocycles. The summed E-state index contributed by atoms with van der Waals surface area (Å²) in [5.41, 5.74) is 0. The molecule has 0 aromatic rings. The number of hydrogen-bond donors (Lipinski definition) is 3. The van der Waals surface area contributed by atoms with Gasteiger partial charge in [-0.3, -0.25) is 13.8 Å². The van der Waals surface area contributed by atoms with Gasteiger partial charge in [-0.25, -0.2) is 4.57 Å². The quantitative estimate of drug-likeness (QED) is 0.0256. The van der Waals surface area contributed by atoms with Crippen LogP contribution in [0, 0.1) is 0 Å². The first-order valence-corrected chi connectivity index (χ1v) is 22.3. The molecule has 3 atom stereocenters. The molecule has 0 aromatic heterocycles. The average Bonchev–Trinajstić information content (AvgIpc) is 3.13. The zero-order chi connectivity index (χ0) is 40.7. The minimum Gasteiger partial charge on any atom is -0.387 e. The Morgan fingerprint density at radius 1 is 0.636 bits per heavy atom. The summed E-state index contributed by atoms with van der Waals surface area (Å²) in [5.74, 6) is -0.280. The van der Waals surface area contributed by atoms with Crippen LogP contribution in [0.25, 0.3) is 0 Å². The maximum atomic E-state index is 12.8. The van der Waals surface area contributed by atoms with Gasteiger partial charge in [0.05, 0.1) is 39.9 Å². The van der Waals surface area contributed by atoms with Crippen molar-refractivity contribution in [1.82, 2.24) is 5.32 Å². The fourth-order valence-electron chi connectivity index (χ4n) is 4.92. The first-order valence-electron chi connectivity index (χ1n) is 20.8. The normalized spacial score (nSPS) is 15.5. The summed E-state index contributed by atoms with van der Waals surface area (Å²) in [6.07, 6.45) is 53.2. The number of carbonyl (C=O) groups excluding carboxylic acids is 1. The molecule has 312 valence electrons. The van der Waals surface area contributed by atoms with Crippen molar-refractivity contribution >= 4 is 13.7 Å². The molecule has 0 saturated carbocycles. The van der Waals surface area contributed by atoms with Crippen molar-refractivity contribution in [2.45, 2.75) is 135 Å². The number of likely N-dealkylation sites (N-methyl/N-ethyl adjacent to an activating group) is 1. The van der Waals surface area contributed by atoms with Crippen molar-refractivity contribution in [3.05, 3.63) is 109 Å².